The summed E-state index contributed by atoms with van der Waals surface area (Å²) >= 11 is 3.36. The Labute approximate surface area is 92.1 Å². The standard InChI is InChI=1S/C11H12BrNO/c1-2-6-13-11(14)8-9-4-3-5-10(12)7-9/h2-5,7H,1,6,8H2,(H,13,14). The summed E-state index contributed by atoms with van der Waals surface area (Å²) in [6.07, 6.45) is 2.08. The first-order chi connectivity index (χ1) is 6.72. The lowest BCUT2D eigenvalue weighted by molar-refractivity contribution is -0.120. The molecule has 14 heavy (non-hydrogen) atoms. The van der Waals surface area contributed by atoms with Gasteiger partial charge in [-0.25, -0.2) is 0 Å². The molecule has 0 saturated heterocycles. The van der Waals surface area contributed by atoms with E-state index >= 15 is 0 Å². The minimum absolute atomic E-state index is 0.0167. The lowest BCUT2D eigenvalue weighted by atomic mass is 10.1. The number of hydrogen-bond donors (Lipinski definition) is 1. The zero-order valence-electron chi connectivity index (χ0n) is 7.79. The second-order valence-electron chi connectivity index (χ2n) is 2.90. The molecule has 1 aromatic carbocycles. The average molecular weight is 254 g/mol. The Morgan fingerprint density at radius 1 is 1.57 bits per heavy atom. The number of benzene rings is 1. The van der Waals surface area contributed by atoms with Gasteiger partial charge in [-0.05, 0) is 17.7 Å². The van der Waals surface area contributed by atoms with Crippen molar-refractivity contribution in [3.05, 3.63) is 47.0 Å². The minimum Gasteiger partial charge on any atom is -0.352 e. The van der Waals surface area contributed by atoms with E-state index < -0.39 is 0 Å². The third-order valence-corrected chi connectivity index (χ3v) is 2.19. The Morgan fingerprint density at radius 3 is 3.00 bits per heavy atom. The Kier molecular flexibility index (Phi) is 4.40. The molecule has 0 aromatic heterocycles. The van der Waals surface area contributed by atoms with Gasteiger partial charge in [0.05, 0.1) is 6.42 Å². The zero-order chi connectivity index (χ0) is 10.4. The number of carbonyl (C=O) groups is 1. The number of amides is 1. The van der Waals surface area contributed by atoms with Crippen LogP contribution in [-0.2, 0) is 11.2 Å². The first-order valence-electron chi connectivity index (χ1n) is 4.34. The first-order valence-corrected chi connectivity index (χ1v) is 5.13. The fourth-order valence-corrected chi connectivity index (χ4v) is 1.53. The summed E-state index contributed by atoms with van der Waals surface area (Å²) in [7, 11) is 0. The molecule has 1 N–H and O–H groups in total. The van der Waals surface area contributed by atoms with Gasteiger partial charge in [-0.15, -0.1) is 6.58 Å². The molecule has 0 radical (unpaired) electrons. The molecule has 0 aliphatic heterocycles. The summed E-state index contributed by atoms with van der Waals surface area (Å²) in [5, 5.41) is 2.73. The van der Waals surface area contributed by atoms with Gasteiger partial charge in [0.25, 0.3) is 0 Å². The van der Waals surface area contributed by atoms with Crippen LogP contribution in [0.1, 0.15) is 5.56 Å². The minimum atomic E-state index is 0.0167. The predicted molar refractivity (Wildman–Crippen MR) is 61.1 cm³/mol. The lowest BCUT2D eigenvalue weighted by Crippen LogP contribution is -2.24. The van der Waals surface area contributed by atoms with Crippen molar-refractivity contribution in [1.82, 2.24) is 5.32 Å². The molecule has 0 fully saturated rings. The average Bonchev–Trinajstić information content (AvgIpc) is 2.15. The van der Waals surface area contributed by atoms with Crippen molar-refractivity contribution in [3.63, 3.8) is 0 Å². The van der Waals surface area contributed by atoms with Crippen LogP contribution in [0.25, 0.3) is 0 Å². The van der Waals surface area contributed by atoms with Crippen LogP contribution in [0.2, 0.25) is 0 Å². The summed E-state index contributed by atoms with van der Waals surface area (Å²) in [5.41, 5.74) is 1.00. The predicted octanol–water partition coefficient (Wildman–Crippen LogP) is 2.29. The molecule has 2 nitrogen and oxygen atoms in total. The van der Waals surface area contributed by atoms with Crippen LogP contribution < -0.4 is 5.32 Å². The van der Waals surface area contributed by atoms with Crippen molar-refractivity contribution in [2.24, 2.45) is 0 Å². The summed E-state index contributed by atoms with van der Waals surface area (Å²) in [5.74, 6) is 0.0167. The van der Waals surface area contributed by atoms with E-state index in [1.807, 2.05) is 24.3 Å². The topological polar surface area (TPSA) is 29.1 Å². The lowest BCUT2D eigenvalue weighted by Gasteiger charge is -2.02. The normalized spacial score (nSPS) is 9.50. The van der Waals surface area contributed by atoms with Crippen LogP contribution in [0.4, 0.5) is 0 Å². The maximum absolute atomic E-state index is 11.3. The molecule has 0 unspecified atom stereocenters. The second kappa shape index (κ2) is 5.60. The van der Waals surface area contributed by atoms with E-state index in [1.54, 1.807) is 6.08 Å². The van der Waals surface area contributed by atoms with Crippen molar-refractivity contribution in [2.75, 3.05) is 6.54 Å². The van der Waals surface area contributed by atoms with Crippen LogP contribution >= 0.6 is 15.9 Å². The van der Waals surface area contributed by atoms with E-state index in [0.717, 1.165) is 10.0 Å². The van der Waals surface area contributed by atoms with Gasteiger partial charge < -0.3 is 5.32 Å². The Hall–Kier alpha value is -1.09. The molecule has 0 heterocycles. The van der Waals surface area contributed by atoms with Crippen LogP contribution in [-0.4, -0.2) is 12.5 Å². The second-order valence-corrected chi connectivity index (χ2v) is 3.82. The van der Waals surface area contributed by atoms with E-state index in [0.29, 0.717) is 13.0 Å². The van der Waals surface area contributed by atoms with Crippen molar-refractivity contribution in [1.29, 1.82) is 0 Å². The van der Waals surface area contributed by atoms with Gasteiger partial charge in [0, 0.05) is 11.0 Å². The van der Waals surface area contributed by atoms with E-state index in [9.17, 15) is 4.79 Å². The quantitative estimate of drug-likeness (QED) is 0.820. The van der Waals surface area contributed by atoms with Crippen molar-refractivity contribution in [2.45, 2.75) is 6.42 Å². The zero-order valence-corrected chi connectivity index (χ0v) is 9.38. The summed E-state index contributed by atoms with van der Waals surface area (Å²) in [6, 6.07) is 7.72. The van der Waals surface area contributed by atoms with E-state index in [-0.39, 0.29) is 5.91 Å². The molecule has 1 amide bonds. The third-order valence-electron chi connectivity index (χ3n) is 1.70. The number of nitrogens with one attached hydrogen (secondary N) is 1. The molecule has 74 valence electrons. The number of rotatable bonds is 4. The van der Waals surface area contributed by atoms with Crippen LogP contribution in [0, 0.1) is 0 Å². The third kappa shape index (κ3) is 3.75. The summed E-state index contributed by atoms with van der Waals surface area (Å²) in [4.78, 5) is 11.3. The molecule has 3 heteroatoms. The molecule has 0 atom stereocenters. The van der Waals surface area contributed by atoms with E-state index in [1.165, 1.54) is 0 Å². The fourth-order valence-electron chi connectivity index (χ4n) is 1.08. The Morgan fingerprint density at radius 2 is 2.36 bits per heavy atom. The van der Waals surface area contributed by atoms with Gasteiger partial charge in [0.1, 0.15) is 0 Å². The van der Waals surface area contributed by atoms with Gasteiger partial charge in [-0.1, -0.05) is 34.1 Å². The van der Waals surface area contributed by atoms with Crippen molar-refractivity contribution < 1.29 is 4.79 Å². The van der Waals surface area contributed by atoms with E-state index in [4.69, 9.17) is 0 Å². The Bertz CT molecular complexity index is 336. The smallest absolute Gasteiger partial charge is 0.224 e. The first kappa shape index (κ1) is 11.0. The molecule has 0 aliphatic carbocycles. The monoisotopic (exact) mass is 253 g/mol. The molecule has 0 aliphatic rings. The summed E-state index contributed by atoms with van der Waals surface area (Å²) < 4.78 is 0.992. The Balaban J connectivity index is 2.51. The number of hydrogen-bond acceptors (Lipinski definition) is 1. The van der Waals surface area contributed by atoms with Crippen LogP contribution in [0.3, 0.4) is 0 Å². The molecule has 0 saturated carbocycles. The number of halogens is 1. The molecule has 0 spiro atoms. The van der Waals surface area contributed by atoms with Gasteiger partial charge in [-0.3, -0.25) is 4.79 Å². The molecular formula is C11H12BrNO. The highest BCUT2D eigenvalue weighted by Crippen LogP contribution is 2.11. The fraction of sp³-hybridized carbons (Fsp3) is 0.182. The van der Waals surface area contributed by atoms with Crippen LogP contribution in [0.5, 0.6) is 0 Å². The highest BCUT2D eigenvalue weighted by Gasteiger charge is 2.01. The maximum atomic E-state index is 11.3. The van der Waals surface area contributed by atoms with Crippen LogP contribution in [0.15, 0.2) is 41.4 Å². The van der Waals surface area contributed by atoms with Crippen molar-refractivity contribution >= 4 is 21.8 Å². The van der Waals surface area contributed by atoms with Gasteiger partial charge in [0.15, 0.2) is 0 Å². The number of carbonyl (C=O) groups excluding carboxylic acids is 1. The largest absolute Gasteiger partial charge is 0.352 e. The maximum Gasteiger partial charge on any atom is 0.224 e. The molecule has 1 rings (SSSR count). The highest BCUT2D eigenvalue weighted by molar-refractivity contribution is 9.10. The van der Waals surface area contributed by atoms with Gasteiger partial charge in [0.2, 0.25) is 5.91 Å². The van der Waals surface area contributed by atoms with Crippen molar-refractivity contribution in [3.8, 4) is 0 Å². The molecule has 1 aromatic rings. The van der Waals surface area contributed by atoms with E-state index in [2.05, 4.69) is 27.8 Å². The molecule has 0 bridgehead atoms. The highest BCUT2D eigenvalue weighted by atomic mass is 79.9. The summed E-state index contributed by atoms with van der Waals surface area (Å²) in [6.45, 7) is 4.05. The van der Waals surface area contributed by atoms with Gasteiger partial charge in [-0.2, -0.15) is 0 Å². The molecular weight excluding hydrogens is 242 g/mol. The van der Waals surface area contributed by atoms with Gasteiger partial charge >= 0.3 is 0 Å². The SMILES string of the molecule is C=CCNC(=O)Cc1cccc(Br)c1.